The Morgan fingerprint density at radius 1 is 0.769 bits per heavy atom. The summed E-state index contributed by atoms with van der Waals surface area (Å²) in [7, 11) is 0. The highest BCUT2D eigenvalue weighted by Crippen LogP contribution is 2.33. The number of hydrogen-bond acceptors (Lipinski definition) is 3. The number of halogens is 1. The van der Waals surface area contributed by atoms with Gasteiger partial charge in [0.15, 0.2) is 0 Å². The van der Waals surface area contributed by atoms with Crippen molar-refractivity contribution in [1.29, 1.82) is 0 Å². The van der Waals surface area contributed by atoms with E-state index in [1.807, 2.05) is 60.7 Å². The third kappa shape index (κ3) is 4.92. The van der Waals surface area contributed by atoms with Crippen LogP contribution in [0.1, 0.15) is 37.4 Å². The molecule has 39 heavy (non-hydrogen) atoms. The fraction of sp³-hybridized carbons (Fsp3) is 0.0606. The van der Waals surface area contributed by atoms with E-state index >= 15 is 0 Å². The summed E-state index contributed by atoms with van der Waals surface area (Å²) in [6.07, 6.45) is 4.18. The Morgan fingerprint density at radius 2 is 1.51 bits per heavy atom. The molecule has 6 rings (SSSR count). The van der Waals surface area contributed by atoms with Crippen LogP contribution in [-0.2, 0) is 13.0 Å². The number of nitrogens with one attached hydrogen (secondary N) is 1. The summed E-state index contributed by atoms with van der Waals surface area (Å²) in [4.78, 5) is 33.0. The second-order valence-electron chi connectivity index (χ2n) is 9.40. The first-order chi connectivity index (χ1) is 19.1. The van der Waals surface area contributed by atoms with Crippen LogP contribution < -0.4 is 10.2 Å². The Balaban J connectivity index is 1.28. The highest BCUT2D eigenvalue weighted by atomic mass is 35.5. The summed E-state index contributed by atoms with van der Waals surface area (Å²) >= 11 is 6.66. The lowest BCUT2D eigenvalue weighted by Crippen LogP contribution is -2.30. The van der Waals surface area contributed by atoms with Crippen LogP contribution in [0.15, 0.2) is 116 Å². The van der Waals surface area contributed by atoms with Gasteiger partial charge in [-0.2, -0.15) is 0 Å². The van der Waals surface area contributed by atoms with Gasteiger partial charge in [-0.15, -0.1) is 0 Å². The number of pyridine rings is 1. The molecule has 0 fully saturated rings. The van der Waals surface area contributed by atoms with Gasteiger partial charge in [0.25, 0.3) is 11.8 Å². The average molecular weight is 530 g/mol. The van der Waals surface area contributed by atoms with Crippen molar-refractivity contribution in [2.45, 2.75) is 13.0 Å². The number of carbonyl (C=O) groups excluding carboxylic acids is 2. The lowest BCUT2D eigenvalue weighted by atomic mass is 10.0. The van der Waals surface area contributed by atoms with Crippen LogP contribution in [0.4, 0.5) is 11.4 Å². The van der Waals surface area contributed by atoms with Gasteiger partial charge in [-0.3, -0.25) is 14.6 Å². The van der Waals surface area contributed by atoms with Crippen molar-refractivity contribution < 1.29 is 9.59 Å². The van der Waals surface area contributed by atoms with E-state index < -0.39 is 0 Å². The zero-order valence-corrected chi connectivity index (χ0v) is 21.7. The zero-order valence-electron chi connectivity index (χ0n) is 21.0. The van der Waals surface area contributed by atoms with Crippen molar-refractivity contribution in [1.82, 2.24) is 4.98 Å². The van der Waals surface area contributed by atoms with Gasteiger partial charge in [0.1, 0.15) is 0 Å². The normalized spacial score (nSPS) is 12.2. The molecule has 0 unspecified atom stereocenters. The maximum absolute atomic E-state index is 13.9. The van der Waals surface area contributed by atoms with E-state index in [1.165, 1.54) is 5.56 Å². The third-order valence-corrected chi connectivity index (χ3v) is 7.27. The predicted molar refractivity (Wildman–Crippen MR) is 155 cm³/mol. The topological polar surface area (TPSA) is 62.3 Å². The van der Waals surface area contributed by atoms with E-state index in [9.17, 15) is 9.59 Å². The number of para-hydroxylation sites is 1. The largest absolute Gasteiger partial charge is 0.322 e. The van der Waals surface area contributed by atoms with E-state index in [2.05, 4.69) is 28.5 Å². The number of anilines is 2. The molecule has 4 aromatic carbocycles. The van der Waals surface area contributed by atoms with Crippen LogP contribution in [0.3, 0.4) is 0 Å². The number of amides is 2. The summed E-state index contributed by atoms with van der Waals surface area (Å²) in [5, 5.41) is 3.20. The fourth-order valence-corrected chi connectivity index (χ4v) is 5.28. The molecule has 2 amide bonds. The summed E-state index contributed by atoms with van der Waals surface area (Å²) in [6.45, 7) is 0.450. The van der Waals surface area contributed by atoms with Crippen LogP contribution in [0, 0.1) is 0 Å². The highest BCUT2D eigenvalue weighted by Gasteiger charge is 2.26. The molecule has 0 saturated heterocycles. The number of fused-ring (bicyclic) bond motifs is 2. The summed E-state index contributed by atoms with van der Waals surface area (Å²) in [5.41, 5.74) is 7.29. The number of rotatable bonds is 4. The minimum Gasteiger partial charge on any atom is -0.322 e. The van der Waals surface area contributed by atoms with Gasteiger partial charge < -0.3 is 10.2 Å². The Hall–Kier alpha value is -4.74. The molecule has 1 aromatic heterocycles. The lowest BCUT2D eigenvalue weighted by Gasteiger charge is -2.24. The maximum Gasteiger partial charge on any atom is 0.260 e. The zero-order chi connectivity index (χ0) is 26.8. The van der Waals surface area contributed by atoms with Crippen LogP contribution >= 0.6 is 11.6 Å². The number of aromatic nitrogens is 1. The van der Waals surface area contributed by atoms with Gasteiger partial charge in [0, 0.05) is 34.9 Å². The summed E-state index contributed by atoms with van der Waals surface area (Å²) in [6, 6.07) is 32.3. The molecule has 0 atom stereocenters. The first-order valence-corrected chi connectivity index (χ1v) is 13.0. The molecule has 0 bridgehead atoms. The first-order valence-electron chi connectivity index (χ1n) is 12.7. The van der Waals surface area contributed by atoms with E-state index in [0.717, 1.165) is 34.4 Å². The fourth-order valence-electron chi connectivity index (χ4n) is 5.01. The SMILES string of the molecule is O=C(Nc1ccc(C(=O)N2Cc3ccccc3Cc3ccccc32)c(Cl)c1)c1ccccc1-c1cccnc1. The van der Waals surface area contributed by atoms with Gasteiger partial charge >= 0.3 is 0 Å². The van der Waals surface area contributed by atoms with Crippen molar-refractivity contribution >= 4 is 34.8 Å². The predicted octanol–water partition coefficient (Wildman–Crippen LogP) is 7.41. The van der Waals surface area contributed by atoms with Crippen molar-refractivity contribution in [2.75, 3.05) is 10.2 Å². The molecule has 190 valence electrons. The van der Waals surface area contributed by atoms with Crippen LogP contribution in [0.5, 0.6) is 0 Å². The Bertz CT molecular complexity index is 1700. The molecular formula is C33H24ClN3O2. The molecule has 5 aromatic rings. The van der Waals surface area contributed by atoms with Crippen molar-refractivity contribution in [3.8, 4) is 11.1 Å². The minimum atomic E-state index is -0.275. The van der Waals surface area contributed by atoms with E-state index in [4.69, 9.17) is 11.6 Å². The Labute approximate surface area is 231 Å². The quantitative estimate of drug-likeness (QED) is 0.264. The third-order valence-electron chi connectivity index (χ3n) is 6.96. The molecule has 0 radical (unpaired) electrons. The van der Waals surface area contributed by atoms with Crippen LogP contribution in [-0.4, -0.2) is 16.8 Å². The summed E-state index contributed by atoms with van der Waals surface area (Å²) < 4.78 is 0. The number of nitrogens with zero attached hydrogens (tertiary/aromatic N) is 2. The molecule has 0 spiro atoms. The standard InChI is InChI=1S/C33H24ClN3O2/c34-30-19-26(36-32(38)28-13-5-4-12-27(28)24-11-7-17-35-20-24)15-16-29(30)33(39)37-21-25-10-2-1-8-22(25)18-23-9-3-6-14-31(23)37/h1-17,19-20H,18,21H2,(H,36,38). The molecule has 1 aliphatic heterocycles. The molecule has 2 heterocycles. The van der Waals surface area contributed by atoms with Gasteiger partial charge in [-0.25, -0.2) is 0 Å². The van der Waals surface area contributed by atoms with Crippen LogP contribution in [0.2, 0.25) is 5.02 Å². The van der Waals surface area contributed by atoms with Gasteiger partial charge in [0.2, 0.25) is 0 Å². The first kappa shape index (κ1) is 24.6. The lowest BCUT2D eigenvalue weighted by molar-refractivity contribution is 0.0984. The average Bonchev–Trinajstić information content (AvgIpc) is 3.14. The number of carbonyl (C=O) groups is 2. The molecule has 1 aliphatic rings. The maximum atomic E-state index is 13.9. The number of benzene rings is 4. The molecule has 1 N–H and O–H groups in total. The highest BCUT2D eigenvalue weighted by molar-refractivity contribution is 6.35. The van der Waals surface area contributed by atoms with Crippen LogP contribution in [0.25, 0.3) is 11.1 Å². The van der Waals surface area contributed by atoms with Crippen molar-refractivity contribution in [3.05, 3.63) is 148 Å². The number of hydrogen-bond donors (Lipinski definition) is 1. The second-order valence-corrected chi connectivity index (χ2v) is 9.81. The van der Waals surface area contributed by atoms with E-state index in [0.29, 0.717) is 23.4 Å². The summed E-state index contributed by atoms with van der Waals surface area (Å²) in [5.74, 6) is -0.466. The Morgan fingerprint density at radius 3 is 2.31 bits per heavy atom. The monoisotopic (exact) mass is 529 g/mol. The minimum absolute atomic E-state index is 0.191. The van der Waals surface area contributed by atoms with Crippen molar-refractivity contribution in [3.63, 3.8) is 0 Å². The van der Waals surface area contributed by atoms with Gasteiger partial charge in [-0.05, 0) is 65.1 Å². The second kappa shape index (κ2) is 10.6. The van der Waals surface area contributed by atoms with Crippen molar-refractivity contribution in [2.24, 2.45) is 0 Å². The molecule has 5 nitrogen and oxygen atoms in total. The van der Waals surface area contributed by atoms with E-state index in [-0.39, 0.29) is 16.8 Å². The molecular weight excluding hydrogens is 506 g/mol. The van der Waals surface area contributed by atoms with Gasteiger partial charge in [-0.1, -0.05) is 78.3 Å². The molecule has 6 heteroatoms. The van der Waals surface area contributed by atoms with Gasteiger partial charge in [0.05, 0.1) is 17.1 Å². The molecule has 0 saturated carbocycles. The smallest absolute Gasteiger partial charge is 0.260 e. The Kier molecular flexibility index (Phi) is 6.66. The molecule has 0 aliphatic carbocycles. The van der Waals surface area contributed by atoms with E-state index in [1.54, 1.807) is 41.6 Å².